The Morgan fingerprint density at radius 2 is 1.65 bits per heavy atom. The second-order valence-corrected chi connectivity index (χ2v) is 6.31. The minimum absolute atomic E-state index is 0.135. The molecule has 0 heterocycles. The van der Waals surface area contributed by atoms with E-state index < -0.39 is 10.0 Å². The maximum Gasteiger partial charge on any atom is 0.265 e. The minimum atomic E-state index is -3.62. The van der Waals surface area contributed by atoms with E-state index in [1.165, 1.54) is 4.31 Å². The molecule has 6 heteroatoms. The number of halogens is 1. The maximum atomic E-state index is 12.5. The molecule has 0 unspecified atom stereocenters. The topological polar surface area (TPSA) is 61.2 Å². The summed E-state index contributed by atoms with van der Waals surface area (Å²) in [6.45, 7) is 0. The van der Waals surface area contributed by atoms with Gasteiger partial charge in [-0.3, -0.25) is 4.31 Å². The Labute approximate surface area is 126 Å². The molecule has 0 aliphatic rings. The lowest BCUT2D eigenvalue weighted by Crippen LogP contribution is -2.29. The van der Waals surface area contributed by atoms with Crippen molar-refractivity contribution in [3.8, 4) is 6.07 Å². The molecule has 0 N–H and O–H groups in total. The van der Waals surface area contributed by atoms with Gasteiger partial charge in [0.05, 0.1) is 27.7 Å². The van der Waals surface area contributed by atoms with Crippen molar-refractivity contribution in [2.45, 2.75) is 4.90 Å². The quantitative estimate of drug-likeness (QED) is 0.628. The predicted octanol–water partition coefficient (Wildman–Crippen LogP) is 3.11. The van der Waals surface area contributed by atoms with Crippen molar-refractivity contribution in [3.63, 3.8) is 0 Å². The van der Waals surface area contributed by atoms with E-state index in [0.29, 0.717) is 11.3 Å². The average Bonchev–Trinajstić information content (AvgIpc) is 2.49. The standard InChI is InChI=1S/C14H11BrN2O2S/c15-11-17(13-8-6-12(10-16)7-9-13)20(18,19)14-4-2-1-3-5-14/h1-9H,11H2. The smallest absolute Gasteiger partial charge is 0.256 e. The summed E-state index contributed by atoms with van der Waals surface area (Å²) < 4.78 is 26.3. The van der Waals surface area contributed by atoms with Crippen LogP contribution >= 0.6 is 15.9 Å². The second-order valence-electron chi connectivity index (χ2n) is 3.94. The van der Waals surface area contributed by atoms with Crippen LogP contribution in [0.5, 0.6) is 0 Å². The Hall–Kier alpha value is -1.84. The third-order valence-electron chi connectivity index (χ3n) is 2.72. The van der Waals surface area contributed by atoms with Crippen molar-refractivity contribution in [1.29, 1.82) is 5.26 Å². The summed E-state index contributed by atoms with van der Waals surface area (Å²) in [5.74, 6) is 0. The highest BCUT2D eigenvalue weighted by atomic mass is 79.9. The highest BCUT2D eigenvalue weighted by Gasteiger charge is 2.23. The van der Waals surface area contributed by atoms with E-state index in [-0.39, 0.29) is 10.3 Å². The highest BCUT2D eigenvalue weighted by Crippen LogP contribution is 2.24. The van der Waals surface area contributed by atoms with Gasteiger partial charge in [0.15, 0.2) is 0 Å². The van der Waals surface area contributed by atoms with E-state index in [2.05, 4.69) is 15.9 Å². The molecule has 0 atom stereocenters. The van der Waals surface area contributed by atoms with Gasteiger partial charge >= 0.3 is 0 Å². The zero-order valence-corrected chi connectivity index (χ0v) is 12.8. The molecule has 0 bridgehead atoms. The van der Waals surface area contributed by atoms with E-state index in [4.69, 9.17) is 5.26 Å². The van der Waals surface area contributed by atoms with Crippen LogP contribution in [0.15, 0.2) is 59.5 Å². The van der Waals surface area contributed by atoms with Gasteiger partial charge in [-0.05, 0) is 36.4 Å². The van der Waals surface area contributed by atoms with Crippen LogP contribution < -0.4 is 4.31 Å². The van der Waals surface area contributed by atoms with Crippen LogP contribution in [0.1, 0.15) is 5.56 Å². The van der Waals surface area contributed by atoms with Gasteiger partial charge in [-0.25, -0.2) is 8.42 Å². The van der Waals surface area contributed by atoms with Gasteiger partial charge in [-0.1, -0.05) is 34.1 Å². The molecule has 20 heavy (non-hydrogen) atoms. The van der Waals surface area contributed by atoms with Crippen LogP contribution in [-0.2, 0) is 10.0 Å². The van der Waals surface area contributed by atoms with Crippen LogP contribution in [-0.4, -0.2) is 13.9 Å². The fourth-order valence-corrected chi connectivity index (χ4v) is 4.08. The molecule has 102 valence electrons. The molecule has 0 fully saturated rings. The van der Waals surface area contributed by atoms with Gasteiger partial charge < -0.3 is 0 Å². The first-order chi connectivity index (χ1) is 9.59. The number of hydrogen-bond acceptors (Lipinski definition) is 3. The van der Waals surface area contributed by atoms with Crippen molar-refractivity contribution in [2.75, 3.05) is 9.76 Å². The fraction of sp³-hybridized carbons (Fsp3) is 0.0714. The van der Waals surface area contributed by atoms with Crippen LogP contribution in [0, 0.1) is 11.3 Å². The predicted molar refractivity (Wildman–Crippen MR) is 81.1 cm³/mol. The minimum Gasteiger partial charge on any atom is -0.256 e. The molecule has 0 radical (unpaired) electrons. The summed E-state index contributed by atoms with van der Waals surface area (Å²) in [5.41, 5.74) is 1.13. The Morgan fingerprint density at radius 1 is 1.05 bits per heavy atom. The van der Waals surface area contributed by atoms with E-state index in [9.17, 15) is 8.42 Å². The summed E-state index contributed by atoms with van der Waals surface area (Å²) in [4.78, 5) is 0.226. The zero-order chi connectivity index (χ0) is 14.6. The Balaban J connectivity index is 2.44. The summed E-state index contributed by atoms with van der Waals surface area (Å²) in [5, 5.41) is 8.77. The molecule has 0 aliphatic carbocycles. The molecular formula is C14H11BrN2O2S. The van der Waals surface area contributed by atoms with E-state index in [1.807, 2.05) is 6.07 Å². The number of benzene rings is 2. The molecule has 0 aromatic heterocycles. The van der Waals surface area contributed by atoms with Gasteiger partial charge in [0.1, 0.15) is 0 Å². The summed E-state index contributed by atoms with van der Waals surface area (Å²) in [6, 6.07) is 16.6. The third-order valence-corrected chi connectivity index (χ3v) is 5.35. The fourth-order valence-electron chi connectivity index (χ4n) is 1.69. The first-order valence-corrected chi connectivity index (χ1v) is 8.29. The molecule has 0 spiro atoms. The van der Waals surface area contributed by atoms with Crippen LogP contribution in [0.25, 0.3) is 0 Å². The number of anilines is 1. The molecule has 2 rings (SSSR count). The monoisotopic (exact) mass is 350 g/mol. The molecular weight excluding hydrogens is 340 g/mol. The number of hydrogen-bond donors (Lipinski definition) is 0. The largest absolute Gasteiger partial charge is 0.265 e. The Bertz CT molecular complexity index is 722. The molecule has 2 aromatic carbocycles. The van der Waals surface area contributed by atoms with Crippen LogP contribution in [0.3, 0.4) is 0 Å². The van der Waals surface area contributed by atoms with Gasteiger partial charge in [0, 0.05) is 0 Å². The first kappa shape index (κ1) is 14.6. The van der Waals surface area contributed by atoms with E-state index in [1.54, 1.807) is 54.6 Å². The van der Waals surface area contributed by atoms with E-state index >= 15 is 0 Å². The van der Waals surface area contributed by atoms with Crippen molar-refractivity contribution < 1.29 is 8.42 Å². The van der Waals surface area contributed by atoms with Gasteiger partial charge in [-0.2, -0.15) is 5.26 Å². The lowest BCUT2D eigenvalue weighted by atomic mass is 10.2. The molecule has 0 aliphatic heterocycles. The number of alkyl halides is 1. The zero-order valence-electron chi connectivity index (χ0n) is 10.4. The average molecular weight is 351 g/mol. The second kappa shape index (κ2) is 6.07. The normalized spacial score (nSPS) is 10.8. The van der Waals surface area contributed by atoms with Crippen molar-refractivity contribution in [2.24, 2.45) is 0 Å². The summed E-state index contributed by atoms with van der Waals surface area (Å²) in [6.07, 6.45) is 0. The number of nitriles is 1. The Morgan fingerprint density at radius 3 is 2.15 bits per heavy atom. The van der Waals surface area contributed by atoms with Crippen LogP contribution in [0.2, 0.25) is 0 Å². The molecule has 2 aromatic rings. The highest BCUT2D eigenvalue weighted by molar-refractivity contribution is 9.09. The number of nitrogens with zero attached hydrogens (tertiary/aromatic N) is 2. The molecule has 0 amide bonds. The van der Waals surface area contributed by atoms with E-state index in [0.717, 1.165) is 0 Å². The van der Waals surface area contributed by atoms with Gasteiger partial charge in [0.2, 0.25) is 0 Å². The summed E-state index contributed by atoms with van der Waals surface area (Å²) in [7, 11) is -3.62. The molecule has 4 nitrogen and oxygen atoms in total. The molecule has 0 saturated carbocycles. The SMILES string of the molecule is N#Cc1ccc(N(CBr)S(=O)(=O)c2ccccc2)cc1. The number of sulfonamides is 1. The van der Waals surface area contributed by atoms with Crippen molar-refractivity contribution in [1.82, 2.24) is 0 Å². The van der Waals surface area contributed by atoms with Crippen LogP contribution in [0.4, 0.5) is 5.69 Å². The maximum absolute atomic E-state index is 12.5. The van der Waals surface area contributed by atoms with Crippen molar-refractivity contribution >= 4 is 31.6 Å². The third kappa shape index (κ3) is 2.84. The van der Waals surface area contributed by atoms with Gasteiger partial charge in [-0.15, -0.1) is 0 Å². The van der Waals surface area contributed by atoms with Gasteiger partial charge in [0.25, 0.3) is 10.0 Å². The lowest BCUT2D eigenvalue weighted by molar-refractivity contribution is 0.594. The van der Waals surface area contributed by atoms with Crippen molar-refractivity contribution in [3.05, 3.63) is 60.2 Å². The lowest BCUT2D eigenvalue weighted by Gasteiger charge is -2.22. The Kier molecular flexibility index (Phi) is 4.42. The molecule has 0 saturated heterocycles. The summed E-state index contributed by atoms with van der Waals surface area (Å²) >= 11 is 3.20. The first-order valence-electron chi connectivity index (χ1n) is 5.73. The number of rotatable bonds is 4.